The first kappa shape index (κ1) is 14.9. The summed E-state index contributed by atoms with van der Waals surface area (Å²) in [5.74, 6) is 0.777. The Bertz CT molecular complexity index is 518. The minimum absolute atomic E-state index is 0.164. The number of alkyl halides is 3. The molecule has 0 bridgehead atoms. The van der Waals surface area contributed by atoms with Crippen LogP contribution in [0.3, 0.4) is 0 Å². The van der Waals surface area contributed by atoms with Crippen LogP contribution in [0.2, 0.25) is 0 Å². The molecule has 1 aromatic carbocycles. The maximum atomic E-state index is 12.6. The van der Waals surface area contributed by atoms with Gasteiger partial charge in [0.2, 0.25) is 0 Å². The van der Waals surface area contributed by atoms with Gasteiger partial charge >= 0.3 is 12.1 Å². The first-order valence-corrected chi connectivity index (χ1v) is 5.40. The lowest BCUT2D eigenvalue weighted by Crippen LogP contribution is -2.17. The van der Waals surface area contributed by atoms with Crippen molar-refractivity contribution in [1.29, 1.82) is 0 Å². The summed E-state index contributed by atoms with van der Waals surface area (Å²) in [4.78, 5) is 10.9. The zero-order valence-electron chi connectivity index (χ0n) is 10.1. The summed E-state index contributed by atoms with van der Waals surface area (Å²) in [7, 11) is 0. The van der Waals surface area contributed by atoms with Crippen LogP contribution < -0.4 is 5.32 Å². The average molecular weight is 271 g/mol. The molecule has 0 saturated carbocycles. The minimum atomic E-state index is -4.70. The van der Waals surface area contributed by atoms with Crippen molar-refractivity contribution in [1.82, 2.24) is 0 Å². The zero-order chi connectivity index (χ0) is 14.6. The largest absolute Gasteiger partial charge is 0.478 e. The Hall–Kier alpha value is -2.16. The van der Waals surface area contributed by atoms with Gasteiger partial charge in [-0.15, -0.1) is 12.3 Å². The number of nitrogens with one attached hydrogen (secondary N) is 1. The Kier molecular flexibility index (Phi) is 4.43. The number of carbonyl (C=O) groups is 1. The molecule has 3 nitrogen and oxygen atoms in total. The number of aromatic carboxylic acids is 1. The third kappa shape index (κ3) is 3.91. The lowest BCUT2D eigenvalue weighted by atomic mass is 10.1. The van der Waals surface area contributed by atoms with Gasteiger partial charge in [0.05, 0.1) is 11.1 Å². The standard InChI is InChI=1S/C13H12F3NO2/c1-3-4-8(2)17-9-5-6-11(13(14,15)16)10(7-9)12(18)19/h1,5-8,17H,4H2,2H3,(H,18,19). The molecule has 0 aliphatic rings. The molecule has 1 unspecified atom stereocenters. The molecule has 0 aliphatic heterocycles. The highest BCUT2D eigenvalue weighted by atomic mass is 19.4. The number of terminal acetylenes is 1. The molecule has 0 heterocycles. The molecule has 1 rings (SSSR count). The van der Waals surface area contributed by atoms with Gasteiger partial charge in [0.15, 0.2) is 0 Å². The van der Waals surface area contributed by atoms with E-state index in [2.05, 4.69) is 11.2 Å². The van der Waals surface area contributed by atoms with Gasteiger partial charge in [-0.2, -0.15) is 13.2 Å². The Balaban J connectivity index is 3.11. The van der Waals surface area contributed by atoms with Crippen LogP contribution in [0.25, 0.3) is 0 Å². The second-order valence-corrected chi connectivity index (χ2v) is 4.02. The fourth-order valence-electron chi connectivity index (χ4n) is 1.57. The molecule has 0 saturated heterocycles. The highest BCUT2D eigenvalue weighted by molar-refractivity contribution is 5.91. The number of benzene rings is 1. The molecule has 0 spiro atoms. The van der Waals surface area contributed by atoms with Gasteiger partial charge < -0.3 is 10.4 Å². The normalized spacial score (nSPS) is 12.6. The lowest BCUT2D eigenvalue weighted by molar-refractivity contribution is -0.138. The number of rotatable bonds is 4. The van der Waals surface area contributed by atoms with E-state index in [0.717, 1.165) is 12.1 Å². The van der Waals surface area contributed by atoms with Gasteiger partial charge in [-0.05, 0) is 25.1 Å². The first-order chi connectivity index (χ1) is 8.75. The Morgan fingerprint density at radius 1 is 1.53 bits per heavy atom. The van der Waals surface area contributed by atoms with E-state index in [9.17, 15) is 18.0 Å². The van der Waals surface area contributed by atoms with E-state index < -0.39 is 23.3 Å². The maximum absolute atomic E-state index is 12.6. The molecule has 0 aromatic heterocycles. The Morgan fingerprint density at radius 3 is 2.63 bits per heavy atom. The van der Waals surface area contributed by atoms with Crippen molar-refractivity contribution in [3.63, 3.8) is 0 Å². The van der Waals surface area contributed by atoms with Crippen LogP contribution >= 0.6 is 0 Å². The van der Waals surface area contributed by atoms with Crippen molar-refractivity contribution in [2.75, 3.05) is 5.32 Å². The van der Waals surface area contributed by atoms with Crippen LogP contribution in [0.1, 0.15) is 29.3 Å². The number of halogens is 3. The fourth-order valence-corrected chi connectivity index (χ4v) is 1.57. The predicted octanol–water partition coefficient (Wildman–Crippen LogP) is 3.23. The molecule has 19 heavy (non-hydrogen) atoms. The monoisotopic (exact) mass is 271 g/mol. The number of carboxylic acid groups (broad SMARTS) is 1. The summed E-state index contributed by atoms with van der Waals surface area (Å²) in [5, 5.41) is 11.7. The Morgan fingerprint density at radius 2 is 2.16 bits per heavy atom. The summed E-state index contributed by atoms with van der Waals surface area (Å²) in [6, 6.07) is 2.72. The fraction of sp³-hybridized carbons (Fsp3) is 0.308. The topological polar surface area (TPSA) is 49.3 Å². The summed E-state index contributed by atoms with van der Waals surface area (Å²) < 4.78 is 37.8. The molecule has 102 valence electrons. The molecule has 0 aliphatic carbocycles. The van der Waals surface area contributed by atoms with E-state index in [1.807, 2.05) is 0 Å². The van der Waals surface area contributed by atoms with Crippen LogP contribution in [-0.2, 0) is 6.18 Å². The van der Waals surface area contributed by atoms with Gasteiger partial charge in [-0.1, -0.05) is 0 Å². The minimum Gasteiger partial charge on any atom is -0.478 e. The van der Waals surface area contributed by atoms with E-state index in [1.54, 1.807) is 6.92 Å². The molecular weight excluding hydrogens is 259 g/mol. The third-order valence-corrected chi connectivity index (χ3v) is 2.39. The number of hydrogen-bond donors (Lipinski definition) is 2. The summed E-state index contributed by atoms with van der Waals surface area (Å²) in [6.45, 7) is 1.75. The van der Waals surface area contributed by atoms with Crippen molar-refractivity contribution in [3.8, 4) is 12.3 Å². The number of hydrogen-bond acceptors (Lipinski definition) is 2. The summed E-state index contributed by atoms with van der Waals surface area (Å²) in [6.07, 6.45) is 0.790. The molecule has 1 atom stereocenters. The highest BCUT2D eigenvalue weighted by Gasteiger charge is 2.35. The van der Waals surface area contributed by atoms with E-state index in [1.165, 1.54) is 6.07 Å². The summed E-state index contributed by atoms with van der Waals surface area (Å²) in [5.41, 5.74) is -1.67. The van der Waals surface area contributed by atoms with Crippen LogP contribution in [-0.4, -0.2) is 17.1 Å². The van der Waals surface area contributed by atoms with Crippen molar-refractivity contribution in [2.24, 2.45) is 0 Å². The van der Waals surface area contributed by atoms with Gasteiger partial charge in [0.1, 0.15) is 0 Å². The van der Waals surface area contributed by atoms with E-state index in [4.69, 9.17) is 11.5 Å². The molecule has 0 radical (unpaired) electrons. The van der Waals surface area contributed by atoms with E-state index in [-0.39, 0.29) is 11.7 Å². The maximum Gasteiger partial charge on any atom is 0.417 e. The molecule has 2 N–H and O–H groups in total. The van der Waals surface area contributed by atoms with Gasteiger partial charge in [-0.25, -0.2) is 4.79 Å². The van der Waals surface area contributed by atoms with Crippen molar-refractivity contribution < 1.29 is 23.1 Å². The van der Waals surface area contributed by atoms with Crippen molar-refractivity contribution in [2.45, 2.75) is 25.6 Å². The number of carboxylic acids is 1. The van der Waals surface area contributed by atoms with Gasteiger partial charge in [0.25, 0.3) is 0 Å². The smallest absolute Gasteiger partial charge is 0.417 e. The second-order valence-electron chi connectivity index (χ2n) is 4.02. The van der Waals surface area contributed by atoms with Gasteiger partial charge in [0, 0.05) is 18.2 Å². The van der Waals surface area contributed by atoms with Gasteiger partial charge in [-0.3, -0.25) is 0 Å². The van der Waals surface area contributed by atoms with E-state index in [0.29, 0.717) is 6.42 Å². The SMILES string of the molecule is C#CCC(C)Nc1ccc(C(F)(F)F)c(C(=O)O)c1. The molecular formula is C13H12F3NO2. The summed E-state index contributed by atoms with van der Waals surface area (Å²) >= 11 is 0. The second kappa shape index (κ2) is 5.65. The van der Waals surface area contributed by atoms with Crippen molar-refractivity contribution in [3.05, 3.63) is 29.3 Å². The first-order valence-electron chi connectivity index (χ1n) is 5.40. The molecule has 6 heteroatoms. The predicted molar refractivity (Wildman–Crippen MR) is 64.9 cm³/mol. The van der Waals surface area contributed by atoms with Crippen LogP contribution in [0.5, 0.6) is 0 Å². The van der Waals surface area contributed by atoms with E-state index >= 15 is 0 Å². The third-order valence-electron chi connectivity index (χ3n) is 2.39. The van der Waals surface area contributed by atoms with Crippen molar-refractivity contribution >= 4 is 11.7 Å². The lowest BCUT2D eigenvalue weighted by Gasteiger charge is -2.15. The van der Waals surface area contributed by atoms with Crippen LogP contribution in [0.4, 0.5) is 18.9 Å². The van der Waals surface area contributed by atoms with Crippen LogP contribution in [0.15, 0.2) is 18.2 Å². The molecule has 1 aromatic rings. The van der Waals surface area contributed by atoms with Crippen LogP contribution in [0, 0.1) is 12.3 Å². The Labute approximate surface area is 108 Å². The molecule has 0 fully saturated rings. The average Bonchev–Trinajstić information content (AvgIpc) is 2.27. The molecule has 0 amide bonds. The number of anilines is 1. The quantitative estimate of drug-likeness (QED) is 0.827. The highest BCUT2D eigenvalue weighted by Crippen LogP contribution is 2.33. The zero-order valence-corrected chi connectivity index (χ0v) is 10.1.